The molecule has 0 amide bonds. The maximum Gasteiger partial charge on any atom is 0.216 e. The molecule has 0 radical (unpaired) electrons. The summed E-state index contributed by atoms with van der Waals surface area (Å²) in [4.78, 5) is 3.80. The molecule has 1 aliphatic carbocycles. The molecule has 0 bridgehead atoms. The highest BCUT2D eigenvalue weighted by Gasteiger charge is 2.25. The predicted octanol–water partition coefficient (Wildman–Crippen LogP) is 8.65. The van der Waals surface area contributed by atoms with Gasteiger partial charge in [0.05, 0.1) is 13.5 Å². The fraction of sp³-hybridized carbons (Fsp3) is 0.250. The Hall–Kier alpha value is -3.90. The number of aryl methyl sites for hydroxylation is 2. The van der Waals surface area contributed by atoms with E-state index in [1.165, 1.54) is 0 Å². The van der Waals surface area contributed by atoms with E-state index in [-0.39, 0.29) is 0 Å². The van der Waals surface area contributed by atoms with Gasteiger partial charge in [0.25, 0.3) is 0 Å². The molecule has 0 N–H and O–H groups in total. The summed E-state index contributed by atoms with van der Waals surface area (Å²) in [5, 5.41) is 1.98. The second kappa shape index (κ2) is 8.71. The highest BCUT2D eigenvalue weighted by atomic mass is 16.3. The molecule has 0 saturated heterocycles. The molecular formula is C32H29N2O+. The summed E-state index contributed by atoms with van der Waals surface area (Å²) < 4.78 is 26.6. The second-order valence-corrected chi connectivity index (χ2v) is 9.54. The van der Waals surface area contributed by atoms with E-state index in [1.54, 1.807) is 0 Å². The van der Waals surface area contributed by atoms with Gasteiger partial charge in [0.1, 0.15) is 18.2 Å². The first kappa shape index (κ1) is 19.4. The summed E-state index contributed by atoms with van der Waals surface area (Å²) in [6.07, 6.45) is 6.64. The topological polar surface area (TPSA) is 21.4 Å². The number of nitrogens with zero attached hydrogens (tertiary/aromatic N) is 2. The van der Waals surface area contributed by atoms with Gasteiger partial charge >= 0.3 is 0 Å². The van der Waals surface area contributed by atoms with Crippen LogP contribution < -0.4 is 4.57 Å². The van der Waals surface area contributed by atoms with Crippen LogP contribution in [0.15, 0.2) is 77.3 Å². The molecule has 1 fully saturated rings. The van der Waals surface area contributed by atoms with Crippen molar-refractivity contribution in [2.75, 3.05) is 0 Å². The molecule has 2 heterocycles. The van der Waals surface area contributed by atoms with Crippen LogP contribution in [-0.2, 0) is 7.05 Å². The van der Waals surface area contributed by atoms with E-state index < -0.39 is 5.89 Å². The van der Waals surface area contributed by atoms with Crippen molar-refractivity contribution in [3.05, 3.63) is 95.4 Å². The first-order valence-electron chi connectivity index (χ1n) is 13.3. The Morgan fingerprint density at radius 3 is 2.43 bits per heavy atom. The van der Waals surface area contributed by atoms with Gasteiger partial charge < -0.3 is 4.42 Å². The third-order valence-corrected chi connectivity index (χ3v) is 7.35. The molecule has 0 unspecified atom stereocenters. The third kappa shape index (κ3) is 3.61. The van der Waals surface area contributed by atoms with Gasteiger partial charge in [0.15, 0.2) is 11.9 Å². The molecule has 172 valence electrons. The van der Waals surface area contributed by atoms with Gasteiger partial charge in [-0.25, -0.2) is 9.41 Å². The monoisotopic (exact) mass is 459 g/mol. The highest BCUT2D eigenvalue weighted by molar-refractivity contribution is 6.15. The standard InChI is InChI=1S/C32H29N2O/c1-21-14-15-25-26-16-17-27(33-2)30(23-12-8-5-9-13-23)32(26)35-31(25)29(21)28-20-24(18-19-34(28)3)22-10-6-4-7-11-22/h5,8-9,12-20,22H,4,6-7,10-11H2,1,3H3/q+1/i18D,22D. The molecule has 5 aromatic rings. The summed E-state index contributed by atoms with van der Waals surface area (Å²) in [6, 6.07) is 20.5. The molecule has 0 spiro atoms. The smallest absolute Gasteiger partial charge is 0.216 e. The molecule has 0 aliphatic heterocycles. The first-order valence-corrected chi connectivity index (χ1v) is 12.3. The zero-order chi connectivity index (χ0) is 25.7. The molecule has 1 saturated carbocycles. The van der Waals surface area contributed by atoms with Crippen LogP contribution in [0.5, 0.6) is 0 Å². The molecule has 2 aromatic heterocycles. The first-order chi connectivity index (χ1) is 17.9. The lowest BCUT2D eigenvalue weighted by atomic mass is 9.84. The summed E-state index contributed by atoms with van der Waals surface area (Å²) in [7, 11) is 1.96. The van der Waals surface area contributed by atoms with Crippen LogP contribution in [0.1, 0.15) is 51.9 Å². The van der Waals surface area contributed by atoms with Crippen LogP contribution in [0.4, 0.5) is 5.69 Å². The van der Waals surface area contributed by atoms with Gasteiger partial charge in [-0.3, -0.25) is 0 Å². The number of benzene rings is 3. The predicted molar refractivity (Wildman–Crippen MR) is 143 cm³/mol. The van der Waals surface area contributed by atoms with Crippen molar-refractivity contribution in [2.45, 2.75) is 44.9 Å². The lowest BCUT2D eigenvalue weighted by molar-refractivity contribution is -0.660. The highest BCUT2D eigenvalue weighted by Crippen LogP contribution is 2.44. The minimum atomic E-state index is -0.723. The van der Waals surface area contributed by atoms with E-state index in [4.69, 9.17) is 12.4 Å². The molecule has 3 aromatic carbocycles. The summed E-state index contributed by atoms with van der Waals surface area (Å²) in [6.45, 7) is 9.87. The summed E-state index contributed by atoms with van der Waals surface area (Å²) in [5.74, 6) is -0.723. The van der Waals surface area contributed by atoms with Gasteiger partial charge in [0.2, 0.25) is 5.69 Å². The Balaban J connectivity index is 1.65. The molecule has 1 aliphatic rings. The molecule has 0 atom stereocenters. The maximum absolute atomic E-state index is 9.22. The maximum atomic E-state index is 9.22. The van der Waals surface area contributed by atoms with Crippen LogP contribution in [0.2, 0.25) is 0 Å². The van der Waals surface area contributed by atoms with Crippen molar-refractivity contribution in [3.63, 3.8) is 0 Å². The van der Waals surface area contributed by atoms with Crippen LogP contribution in [0.3, 0.4) is 0 Å². The molecule has 3 heteroatoms. The largest absolute Gasteiger partial charge is 0.456 e. The molecule has 3 nitrogen and oxygen atoms in total. The number of furan rings is 1. The van der Waals surface area contributed by atoms with E-state index in [1.807, 2.05) is 60.3 Å². The normalized spacial score (nSPS) is 16.1. The zero-order valence-corrected chi connectivity index (χ0v) is 20.2. The fourth-order valence-electron chi connectivity index (χ4n) is 5.50. The summed E-state index contributed by atoms with van der Waals surface area (Å²) >= 11 is 0. The third-order valence-electron chi connectivity index (χ3n) is 7.35. The van der Waals surface area contributed by atoms with E-state index in [0.717, 1.165) is 82.0 Å². The van der Waals surface area contributed by atoms with E-state index in [9.17, 15) is 1.37 Å². The van der Waals surface area contributed by atoms with E-state index >= 15 is 0 Å². The Labute approximate surface area is 209 Å². The van der Waals surface area contributed by atoms with E-state index in [2.05, 4.69) is 30.0 Å². The molecule has 6 rings (SSSR count). The SMILES string of the molecule is [2H]c1c[n+](C)c(-c2c(C)ccc3c2oc2c(-c4ccccc4)c([N+]#[C-])ccc23)cc1C1([2H])CCCCC1. The van der Waals surface area contributed by atoms with Crippen molar-refractivity contribution in [2.24, 2.45) is 7.05 Å². The van der Waals surface area contributed by atoms with E-state index in [0.29, 0.717) is 17.3 Å². The lowest BCUT2D eigenvalue weighted by Gasteiger charge is -2.21. The second-order valence-electron chi connectivity index (χ2n) is 9.54. The average Bonchev–Trinajstić information content (AvgIpc) is 3.28. The van der Waals surface area contributed by atoms with Crippen molar-refractivity contribution in [3.8, 4) is 22.4 Å². The van der Waals surface area contributed by atoms with Crippen molar-refractivity contribution in [1.82, 2.24) is 0 Å². The Morgan fingerprint density at radius 2 is 1.69 bits per heavy atom. The Bertz CT molecular complexity index is 1710. The fourth-order valence-corrected chi connectivity index (χ4v) is 5.50. The molecule has 35 heavy (non-hydrogen) atoms. The van der Waals surface area contributed by atoms with Gasteiger partial charge in [-0.1, -0.05) is 73.9 Å². The van der Waals surface area contributed by atoms with Gasteiger partial charge in [-0.05, 0) is 42.3 Å². The number of rotatable bonds is 3. The Kier molecular flexibility index (Phi) is 4.83. The minimum absolute atomic E-state index is 0.422. The number of aromatic nitrogens is 1. The van der Waals surface area contributed by atoms with Crippen LogP contribution in [0.25, 0.3) is 49.2 Å². The minimum Gasteiger partial charge on any atom is -0.456 e. The van der Waals surface area contributed by atoms with Crippen molar-refractivity contribution >= 4 is 27.6 Å². The molecular weight excluding hydrogens is 428 g/mol. The zero-order valence-electron chi connectivity index (χ0n) is 22.2. The Morgan fingerprint density at radius 1 is 0.971 bits per heavy atom. The lowest BCUT2D eigenvalue weighted by Crippen LogP contribution is -2.31. The summed E-state index contributed by atoms with van der Waals surface area (Å²) in [5.41, 5.74) is 7.60. The van der Waals surface area contributed by atoms with Gasteiger partial charge in [-0.2, -0.15) is 0 Å². The number of hydrogen-bond acceptors (Lipinski definition) is 1. The number of pyridine rings is 1. The quantitative estimate of drug-likeness (QED) is 0.195. The van der Waals surface area contributed by atoms with Crippen molar-refractivity contribution in [1.29, 1.82) is 0 Å². The average molecular weight is 460 g/mol. The van der Waals surface area contributed by atoms with Crippen LogP contribution in [-0.4, -0.2) is 0 Å². The van der Waals surface area contributed by atoms with Crippen LogP contribution >= 0.6 is 0 Å². The number of hydrogen-bond donors (Lipinski definition) is 0. The number of fused-ring (bicyclic) bond motifs is 3. The van der Waals surface area contributed by atoms with Crippen LogP contribution in [0, 0.1) is 13.5 Å². The van der Waals surface area contributed by atoms with Crippen molar-refractivity contribution < 1.29 is 11.7 Å². The van der Waals surface area contributed by atoms with Gasteiger partial charge in [-0.15, -0.1) is 0 Å². The van der Waals surface area contributed by atoms with Gasteiger partial charge in [0, 0.05) is 29.8 Å².